The van der Waals surface area contributed by atoms with Gasteiger partial charge in [-0.1, -0.05) is 0 Å². The number of benzene rings is 2. The molecular weight excluding hydrogens is 379 g/mol. The van der Waals surface area contributed by atoms with E-state index in [1.54, 1.807) is 6.92 Å². The van der Waals surface area contributed by atoms with Gasteiger partial charge in [0.05, 0.1) is 11.0 Å². The number of nitrogens with one attached hydrogen (secondary N) is 2. The van der Waals surface area contributed by atoms with Crippen LogP contribution in [0.4, 0.5) is 18.9 Å². The third-order valence-electron chi connectivity index (χ3n) is 3.90. The van der Waals surface area contributed by atoms with Crippen LogP contribution in [0.25, 0.3) is 11.0 Å². The molecule has 3 aromatic rings. The molecule has 28 heavy (non-hydrogen) atoms. The van der Waals surface area contributed by atoms with Crippen LogP contribution in [0.3, 0.4) is 0 Å². The maximum Gasteiger partial charge on any atom is 0.573 e. The molecule has 0 radical (unpaired) electrons. The van der Waals surface area contributed by atoms with Crippen LogP contribution in [0.5, 0.6) is 5.75 Å². The Hall–Kier alpha value is -3.56. The molecule has 1 aromatic heterocycles. The molecule has 0 atom stereocenters. The summed E-state index contributed by atoms with van der Waals surface area (Å²) in [4.78, 5) is 38.4. The quantitative estimate of drug-likeness (QED) is 0.667. The number of anilines is 1. The number of carbonyl (C=O) groups is 1. The number of carbonyl (C=O) groups excluding carboxylic acids is 1. The molecule has 0 aliphatic carbocycles. The van der Waals surface area contributed by atoms with Crippen molar-refractivity contribution in [2.45, 2.75) is 19.8 Å². The highest BCUT2D eigenvalue weighted by Crippen LogP contribution is 2.24. The molecular formula is C18H14F3N3O4. The molecule has 3 rings (SSSR count). The molecule has 0 spiro atoms. The smallest absolute Gasteiger partial charge is 0.406 e. The fourth-order valence-electron chi connectivity index (χ4n) is 2.68. The standard InChI is InChI=1S/C18H14F3N3O4/c1-2-24-14-8-3-10(9-13(14)23-16(26)17(24)27)15(25)22-11-4-6-12(7-5-11)28-18(19,20)21/h3-9H,2H2,1H3,(H,22,25)(H,23,26). The summed E-state index contributed by atoms with van der Waals surface area (Å²) in [6, 6.07) is 9.09. The van der Waals surface area contributed by atoms with E-state index in [0.29, 0.717) is 11.0 Å². The molecule has 0 saturated heterocycles. The third-order valence-corrected chi connectivity index (χ3v) is 3.90. The van der Waals surface area contributed by atoms with Crippen LogP contribution < -0.4 is 21.2 Å². The van der Waals surface area contributed by atoms with Crippen molar-refractivity contribution in [2.24, 2.45) is 0 Å². The van der Waals surface area contributed by atoms with Gasteiger partial charge in [0.25, 0.3) is 5.91 Å². The minimum atomic E-state index is -4.80. The molecule has 1 amide bonds. The van der Waals surface area contributed by atoms with Gasteiger partial charge in [0.15, 0.2) is 0 Å². The summed E-state index contributed by atoms with van der Waals surface area (Å²) in [5, 5.41) is 2.53. The van der Waals surface area contributed by atoms with Crippen molar-refractivity contribution in [3.05, 3.63) is 68.7 Å². The van der Waals surface area contributed by atoms with Crippen molar-refractivity contribution in [3.8, 4) is 5.75 Å². The lowest BCUT2D eigenvalue weighted by Gasteiger charge is -2.11. The Kier molecular flexibility index (Phi) is 4.95. The molecule has 0 saturated carbocycles. The summed E-state index contributed by atoms with van der Waals surface area (Å²) in [6.07, 6.45) is -4.80. The molecule has 10 heteroatoms. The van der Waals surface area contributed by atoms with Gasteiger partial charge in [0, 0.05) is 17.8 Å². The number of nitrogens with zero attached hydrogens (tertiary/aromatic N) is 1. The van der Waals surface area contributed by atoms with Crippen molar-refractivity contribution in [3.63, 3.8) is 0 Å². The fraction of sp³-hybridized carbons (Fsp3) is 0.167. The van der Waals surface area contributed by atoms with E-state index in [4.69, 9.17) is 0 Å². The maximum absolute atomic E-state index is 12.4. The molecule has 0 bridgehead atoms. The van der Waals surface area contributed by atoms with Crippen molar-refractivity contribution in [1.82, 2.24) is 9.55 Å². The zero-order valence-corrected chi connectivity index (χ0v) is 14.5. The molecule has 146 valence electrons. The van der Waals surface area contributed by atoms with E-state index < -0.39 is 29.1 Å². The average Bonchev–Trinajstić information content (AvgIpc) is 2.63. The number of H-pyrrole nitrogens is 1. The number of amides is 1. The fourth-order valence-corrected chi connectivity index (χ4v) is 2.68. The molecule has 0 aliphatic rings. The highest BCUT2D eigenvalue weighted by Gasteiger charge is 2.30. The van der Waals surface area contributed by atoms with Gasteiger partial charge in [-0.15, -0.1) is 13.2 Å². The molecule has 0 fully saturated rings. The lowest BCUT2D eigenvalue weighted by Crippen LogP contribution is -2.36. The highest BCUT2D eigenvalue weighted by atomic mass is 19.4. The minimum absolute atomic E-state index is 0.195. The number of hydrogen-bond acceptors (Lipinski definition) is 4. The first-order valence-electron chi connectivity index (χ1n) is 8.12. The Bertz CT molecular complexity index is 1150. The summed E-state index contributed by atoms with van der Waals surface area (Å²) in [5.41, 5.74) is -0.252. The van der Waals surface area contributed by atoms with E-state index in [2.05, 4.69) is 15.0 Å². The van der Waals surface area contributed by atoms with Gasteiger partial charge >= 0.3 is 17.5 Å². The van der Waals surface area contributed by atoms with Crippen LogP contribution >= 0.6 is 0 Å². The highest BCUT2D eigenvalue weighted by molar-refractivity contribution is 6.05. The number of aryl methyl sites for hydroxylation is 1. The molecule has 0 unspecified atom stereocenters. The molecule has 2 aromatic carbocycles. The van der Waals surface area contributed by atoms with Crippen molar-refractivity contribution in [2.75, 3.05) is 5.32 Å². The molecule has 7 nitrogen and oxygen atoms in total. The average molecular weight is 393 g/mol. The predicted octanol–water partition coefficient (Wildman–Crippen LogP) is 2.86. The number of hydrogen-bond donors (Lipinski definition) is 2. The first-order chi connectivity index (χ1) is 13.2. The summed E-state index contributed by atoms with van der Waals surface area (Å²) in [5.74, 6) is -0.951. The number of alkyl halides is 3. The van der Waals surface area contributed by atoms with E-state index in [1.165, 1.54) is 34.9 Å². The number of aromatic amines is 1. The lowest BCUT2D eigenvalue weighted by molar-refractivity contribution is -0.274. The van der Waals surface area contributed by atoms with Gasteiger partial charge in [0.1, 0.15) is 5.75 Å². The van der Waals surface area contributed by atoms with Gasteiger partial charge in [-0.05, 0) is 49.4 Å². The van der Waals surface area contributed by atoms with E-state index in [-0.39, 0.29) is 17.8 Å². The van der Waals surface area contributed by atoms with E-state index in [0.717, 1.165) is 12.1 Å². The van der Waals surface area contributed by atoms with Gasteiger partial charge < -0.3 is 19.6 Å². The van der Waals surface area contributed by atoms with Crippen molar-refractivity contribution >= 4 is 22.6 Å². The molecule has 0 aliphatic heterocycles. The SMILES string of the molecule is CCn1c(=O)c(=O)[nH]c2cc(C(=O)Nc3ccc(OC(F)(F)F)cc3)ccc21. The largest absolute Gasteiger partial charge is 0.573 e. The van der Waals surface area contributed by atoms with Gasteiger partial charge in [0.2, 0.25) is 0 Å². The second-order valence-corrected chi connectivity index (χ2v) is 5.76. The second-order valence-electron chi connectivity index (χ2n) is 5.76. The zero-order valence-electron chi connectivity index (χ0n) is 14.5. The van der Waals surface area contributed by atoms with Gasteiger partial charge in [-0.3, -0.25) is 14.4 Å². The Morgan fingerprint density at radius 1 is 1.14 bits per heavy atom. The second kappa shape index (κ2) is 7.22. The Labute approximate surface area is 155 Å². The van der Waals surface area contributed by atoms with Crippen molar-refractivity contribution in [1.29, 1.82) is 0 Å². The van der Waals surface area contributed by atoms with Crippen LogP contribution in [0.1, 0.15) is 17.3 Å². The van der Waals surface area contributed by atoms with Gasteiger partial charge in [-0.25, -0.2) is 0 Å². The Morgan fingerprint density at radius 3 is 2.43 bits per heavy atom. The normalized spacial score (nSPS) is 11.4. The van der Waals surface area contributed by atoms with E-state index >= 15 is 0 Å². The van der Waals surface area contributed by atoms with Crippen LogP contribution in [0.15, 0.2) is 52.1 Å². The predicted molar refractivity (Wildman–Crippen MR) is 95.6 cm³/mol. The lowest BCUT2D eigenvalue weighted by atomic mass is 10.1. The number of ether oxygens (including phenoxy) is 1. The topological polar surface area (TPSA) is 93.2 Å². The van der Waals surface area contributed by atoms with E-state index in [1.807, 2.05) is 0 Å². The molecule has 1 heterocycles. The summed E-state index contributed by atoms with van der Waals surface area (Å²) in [7, 11) is 0. The van der Waals surface area contributed by atoms with Crippen LogP contribution in [-0.2, 0) is 6.54 Å². The number of halogens is 3. The third kappa shape index (κ3) is 4.05. The summed E-state index contributed by atoms with van der Waals surface area (Å²) < 4.78 is 41.6. The van der Waals surface area contributed by atoms with Crippen molar-refractivity contribution < 1.29 is 22.7 Å². The monoisotopic (exact) mass is 393 g/mol. The van der Waals surface area contributed by atoms with Gasteiger partial charge in [-0.2, -0.15) is 0 Å². The zero-order chi connectivity index (χ0) is 20.5. The van der Waals surface area contributed by atoms with Crippen LogP contribution in [-0.4, -0.2) is 21.8 Å². The Balaban J connectivity index is 1.85. The van der Waals surface area contributed by atoms with E-state index in [9.17, 15) is 27.6 Å². The first-order valence-corrected chi connectivity index (χ1v) is 8.12. The van der Waals surface area contributed by atoms with Crippen LogP contribution in [0.2, 0.25) is 0 Å². The van der Waals surface area contributed by atoms with Crippen LogP contribution in [0, 0.1) is 0 Å². The Morgan fingerprint density at radius 2 is 1.82 bits per heavy atom. The minimum Gasteiger partial charge on any atom is -0.406 e. The maximum atomic E-state index is 12.4. The summed E-state index contributed by atoms with van der Waals surface area (Å²) >= 11 is 0. The number of aromatic nitrogens is 2. The molecule has 2 N–H and O–H groups in total. The summed E-state index contributed by atoms with van der Waals surface area (Å²) in [6.45, 7) is 2.00. The number of fused-ring (bicyclic) bond motifs is 1. The first kappa shape index (κ1) is 19.2. The number of rotatable bonds is 4.